The van der Waals surface area contributed by atoms with Crippen LogP contribution in [0.15, 0.2) is 60.7 Å². The Labute approximate surface area is 160 Å². The van der Waals surface area contributed by atoms with Gasteiger partial charge in [-0.25, -0.2) is 4.79 Å². The Morgan fingerprint density at radius 2 is 1.07 bits per heavy atom. The van der Waals surface area contributed by atoms with Crippen LogP contribution in [0.25, 0.3) is 0 Å². The maximum Gasteiger partial charge on any atom is 0.338 e. The smallest absolute Gasteiger partial charge is 0.338 e. The molecule has 0 spiro atoms. The van der Waals surface area contributed by atoms with Gasteiger partial charge in [0.15, 0.2) is 0 Å². The molecule has 2 aromatic rings. The fraction of sp³-hybridized carbons (Fsp3) is 0.381. The highest BCUT2D eigenvalue weighted by molar-refractivity contribution is 5.89. The lowest BCUT2D eigenvalue weighted by Gasteiger charge is -2.08. The van der Waals surface area contributed by atoms with Gasteiger partial charge >= 0.3 is 5.97 Å². The number of hydrogen-bond donors (Lipinski definition) is 0. The number of para-hydroxylation sites is 1. The zero-order valence-corrected chi connectivity index (χ0v) is 15.4. The van der Waals surface area contributed by atoms with E-state index in [2.05, 4.69) is 0 Å². The van der Waals surface area contributed by atoms with Crippen LogP contribution < -0.4 is 4.74 Å². The summed E-state index contributed by atoms with van der Waals surface area (Å²) >= 11 is 0. The third kappa shape index (κ3) is 9.75. The van der Waals surface area contributed by atoms with Crippen LogP contribution in [0, 0.1) is 0 Å². The molecular weight excluding hydrogens is 348 g/mol. The predicted molar refractivity (Wildman–Crippen MR) is 101 cm³/mol. The zero-order chi connectivity index (χ0) is 19.0. The maximum absolute atomic E-state index is 11.7. The van der Waals surface area contributed by atoms with Crippen LogP contribution in [0.2, 0.25) is 0 Å². The molecule has 0 atom stereocenters. The molecule has 0 aliphatic carbocycles. The molecular formula is C21H26O6. The van der Waals surface area contributed by atoms with Crippen molar-refractivity contribution in [2.75, 3.05) is 52.9 Å². The van der Waals surface area contributed by atoms with Crippen LogP contribution in [0.3, 0.4) is 0 Å². The third-order valence-corrected chi connectivity index (χ3v) is 3.45. The van der Waals surface area contributed by atoms with Crippen LogP contribution in [0.4, 0.5) is 0 Å². The Morgan fingerprint density at radius 1 is 0.593 bits per heavy atom. The fourth-order valence-electron chi connectivity index (χ4n) is 2.13. The van der Waals surface area contributed by atoms with E-state index in [0.717, 1.165) is 5.75 Å². The van der Waals surface area contributed by atoms with Gasteiger partial charge in [0.1, 0.15) is 19.0 Å². The van der Waals surface area contributed by atoms with Crippen molar-refractivity contribution in [1.82, 2.24) is 0 Å². The highest BCUT2D eigenvalue weighted by Gasteiger charge is 2.04. The lowest BCUT2D eigenvalue weighted by molar-refractivity contribution is -0.00222. The number of ether oxygens (including phenoxy) is 5. The summed E-state index contributed by atoms with van der Waals surface area (Å²) in [7, 11) is 0. The number of carbonyl (C=O) groups is 1. The van der Waals surface area contributed by atoms with Crippen molar-refractivity contribution in [3.8, 4) is 5.75 Å². The van der Waals surface area contributed by atoms with Crippen molar-refractivity contribution in [2.45, 2.75) is 0 Å². The van der Waals surface area contributed by atoms with Crippen LogP contribution in [0.5, 0.6) is 5.75 Å². The first-order valence-electron chi connectivity index (χ1n) is 8.99. The summed E-state index contributed by atoms with van der Waals surface area (Å²) in [6, 6.07) is 18.5. The minimum Gasteiger partial charge on any atom is -0.491 e. The van der Waals surface area contributed by atoms with Crippen molar-refractivity contribution < 1.29 is 28.5 Å². The fourth-order valence-corrected chi connectivity index (χ4v) is 2.13. The Bertz CT molecular complexity index is 617. The standard InChI is InChI=1S/C21H26O6/c22-21(19-7-3-1-4-8-19)27-18-16-25-14-12-23-11-13-24-15-17-26-20-9-5-2-6-10-20/h1-10H,11-18H2. The van der Waals surface area contributed by atoms with Gasteiger partial charge in [0, 0.05) is 0 Å². The molecule has 2 rings (SSSR count). The molecule has 0 fully saturated rings. The van der Waals surface area contributed by atoms with E-state index >= 15 is 0 Å². The average molecular weight is 374 g/mol. The number of rotatable bonds is 14. The van der Waals surface area contributed by atoms with E-state index in [1.165, 1.54) is 0 Å². The van der Waals surface area contributed by atoms with Crippen LogP contribution in [-0.4, -0.2) is 58.8 Å². The van der Waals surface area contributed by atoms with Gasteiger partial charge in [0.2, 0.25) is 0 Å². The van der Waals surface area contributed by atoms with Crippen LogP contribution >= 0.6 is 0 Å². The van der Waals surface area contributed by atoms with Crippen LogP contribution in [0.1, 0.15) is 10.4 Å². The first-order chi connectivity index (χ1) is 13.4. The monoisotopic (exact) mass is 374 g/mol. The third-order valence-electron chi connectivity index (χ3n) is 3.45. The summed E-state index contributed by atoms with van der Waals surface area (Å²) in [5.41, 5.74) is 0.537. The molecule has 0 heterocycles. The second-order valence-corrected chi connectivity index (χ2v) is 5.50. The molecule has 0 aliphatic heterocycles. The van der Waals surface area contributed by atoms with E-state index in [1.807, 2.05) is 36.4 Å². The Kier molecular flexibility index (Phi) is 10.6. The molecule has 0 N–H and O–H groups in total. The second kappa shape index (κ2) is 13.7. The van der Waals surface area contributed by atoms with E-state index < -0.39 is 0 Å². The minimum absolute atomic E-state index is 0.220. The quantitative estimate of drug-likeness (QED) is 0.374. The Balaban J connectivity index is 1.32. The van der Waals surface area contributed by atoms with E-state index in [4.69, 9.17) is 23.7 Å². The Morgan fingerprint density at radius 3 is 1.67 bits per heavy atom. The first-order valence-corrected chi connectivity index (χ1v) is 8.99. The Hall–Kier alpha value is -2.41. The van der Waals surface area contributed by atoms with Gasteiger partial charge < -0.3 is 23.7 Å². The van der Waals surface area contributed by atoms with Crippen molar-refractivity contribution in [3.63, 3.8) is 0 Å². The van der Waals surface area contributed by atoms with Gasteiger partial charge in [-0.15, -0.1) is 0 Å². The number of hydrogen-bond acceptors (Lipinski definition) is 6. The molecule has 6 heteroatoms. The molecule has 0 aromatic heterocycles. The van der Waals surface area contributed by atoms with Gasteiger partial charge in [-0.1, -0.05) is 36.4 Å². The topological polar surface area (TPSA) is 63.2 Å². The lowest BCUT2D eigenvalue weighted by atomic mass is 10.2. The number of carbonyl (C=O) groups excluding carboxylic acids is 1. The first kappa shape index (κ1) is 20.9. The largest absolute Gasteiger partial charge is 0.491 e. The number of benzene rings is 2. The number of esters is 1. The van der Waals surface area contributed by atoms with Crippen molar-refractivity contribution >= 4 is 5.97 Å². The maximum atomic E-state index is 11.7. The van der Waals surface area contributed by atoms with Gasteiger partial charge in [0.05, 0.1) is 45.2 Å². The molecule has 6 nitrogen and oxygen atoms in total. The van der Waals surface area contributed by atoms with Crippen LogP contribution in [-0.2, 0) is 18.9 Å². The average Bonchev–Trinajstić information content (AvgIpc) is 2.72. The molecule has 2 aromatic carbocycles. The second-order valence-electron chi connectivity index (χ2n) is 5.50. The van der Waals surface area contributed by atoms with Gasteiger partial charge in [0.25, 0.3) is 0 Å². The molecule has 146 valence electrons. The normalized spacial score (nSPS) is 10.5. The SMILES string of the molecule is O=C(OCCOCCOCCOCCOc1ccccc1)c1ccccc1. The van der Waals surface area contributed by atoms with Gasteiger partial charge in [-0.2, -0.15) is 0 Å². The lowest BCUT2D eigenvalue weighted by Crippen LogP contribution is -2.15. The zero-order valence-electron chi connectivity index (χ0n) is 15.4. The van der Waals surface area contributed by atoms with Crippen molar-refractivity contribution in [3.05, 3.63) is 66.2 Å². The van der Waals surface area contributed by atoms with E-state index in [-0.39, 0.29) is 12.6 Å². The van der Waals surface area contributed by atoms with E-state index in [9.17, 15) is 4.79 Å². The summed E-state index contributed by atoms with van der Waals surface area (Å²) in [5, 5.41) is 0. The van der Waals surface area contributed by atoms with Gasteiger partial charge in [-0.05, 0) is 24.3 Å². The molecule has 0 amide bonds. The molecule has 0 saturated carbocycles. The highest BCUT2D eigenvalue weighted by Crippen LogP contribution is 2.07. The molecule has 0 aliphatic rings. The molecule has 0 radical (unpaired) electrons. The van der Waals surface area contributed by atoms with Crippen molar-refractivity contribution in [2.24, 2.45) is 0 Å². The molecule has 0 saturated heterocycles. The summed E-state index contributed by atoms with van der Waals surface area (Å²) in [5.74, 6) is 0.493. The predicted octanol–water partition coefficient (Wildman–Crippen LogP) is 2.97. The summed E-state index contributed by atoms with van der Waals surface area (Å²) < 4.78 is 26.8. The van der Waals surface area contributed by atoms with Gasteiger partial charge in [-0.3, -0.25) is 0 Å². The van der Waals surface area contributed by atoms with E-state index in [0.29, 0.717) is 51.8 Å². The molecule has 0 bridgehead atoms. The highest BCUT2D eigenvalue weighted by atomic mass is 16.6. The molecule has 0 unspecified atom stereocenters. The summed E-state index contributed by atoms with van der Waals surface area (Å²) in [6.07, 6.45) is 0. The van der Waals surface area contributed by atoms with E-state index in [1.54, 1.807) is 24.3 Å². The summed E-state index contributed by atoms with van der Waals surface area (Å²) in [6.45, 7) is 3.50. The minimum atomic E-state index is -0.344. The summed E-state index contributed by atoms with van der Waals surface area (Å²) in [4.78, 5) is 11.7. The molecule has 27 heavy (non-hydrogen) atoms. The van der Waals surface area contributed by atoms with Crippen molar-refractivity contribution in [1.29, 1.82) is 0 Å².